The lowest BCUT2D eigenvalue weighted by Gasteiger charge is -2.11. The van der Waals surface area contributed by atoms with E-state index >= 15 is 0 Å². The summed E-state index contributed by atoms with van der Waals surface area (Å²) in [5.74, 6) is -0.600. The maximum atomic E-state index is 13.4. The van der Waals surface area contributed by atoms with E-state index in [9.17, 15) is 13.6 Å². The number of likely N-dealkylation sites (N-methyl/N-ethyl adjacent to an activating group) is 1. The molecule has 1 aromatic heterocycles. The molecule has 33 heavy (non-hydrogen) atoms. The number of amides is 1. The number of anilines is 1. The first-order valence-electron chi connectivity index (χ1n) is 10.2. The Balaban J connectivity index is 1.50. The Bertz CT molecular complexity index is 1270. The topological polar surface area (TPSA) is 79.5 Å². The summed E-state index contributed by atoms with van der Waals surface area (Å²) in [6.45, 7) is 1.25. The summed E-state index contributed by atoms with van der Waals surface area (Å²) in [7, 11) is 3.91. The number of halogens is 2. The summed E-state index contributed by atoms with van der Waals surface area (Å²) < 4.78 is 38.2. The molecule has 0 unspecified atom stereocenters. The number of fused-ring (bicyclic) bond motifs is 1. The highest BCUT2D eigenvalue weighted by Crippen LogP contribution is 2.29. The van der Waals surface area contributed by atoms with Crippen molar-refractivity contribution in [2.24, 2.45) is 0 Å². The van der Waals surface area contributed by atoms with Crippen LogP contribution in [0, 0.1) is 11.6 Å². The van der Waals surface area contributed by atoms with Crippen molar-refractivity contribution in [3.8, 4) is 17.2 Å². The van der Waals surface area contributed by atoms with Crippen LogP contribution in [0.3, 0.4) is 0 Å². The van der Waals surface area contributed by atoms with E-state index in [1.165, 1.54) is 0 Å². The molecule has 7 nitrogen and oxygen atoms in total. The standard InChI is InChI=1S/C24H22F2N4O3/c1-30(2)8-9-32-18-5-3-4-15(10-18)24(31)27-23-21-14-19(6-7-22(21)28-29-23)33-20-12-16(25)11-17(26)13-20/h3-7,10-14H,8-9H2,1-2H3,(H2,27,28,29,31). The molecule has 3 aromatic carbocycles. The van der Waals surface area contributed by atoms with Crippen molar-refractivity contribution >= 4 is 22.6 Å². The summed E-state index contributed by atoms with van der Waals surface area (Å²) in [4.78, 5) is 14.8. The molecule has 9 heteroatoms. The molecule has 1 amide bonds. The molecule has 0 spiro atoms. The molecule has 0 radical (unpaired) electrons. The number of benzene rings is 3. The van der Waals surface area contributed by atoms with Crippen LogP contribution in [-0.4, -0.2) is 48.3 Å². The first-order valence-corrected chi connectivity index (χ1v) is 10.2. The lowest BCUT2D eigenvalue weighted by atomic mass is 10.2. The average Bonchev–Trinajstić information content (AvgIpc) is 3.15. The molecule has 0 aliphatic heterocycles. The number of aromatic nitrogens is 2. The number of nitrogens with zero attached hydrogens (tertiary/aromatic N) is 2. The highest BCUT2D eigenvalue weighted by molar-refractivity contribution is 6.08. The van der Waals surface area contributed by atoms with E-state index in [1.807, 2.05) is 19.0 Å². The van der Waals surface area contributed by atoms with Crippen molar-refractivity contribution in [3.05, 3.63) is 77.9 Å². The van der Waals surface area contributed by atoms with Gasteiger partial charge < -0.3 is 19.7 Å². The summed E-state index contributed by atoms with van der Waals surface area (Å²) in [5, 5.41) is 10.3. The number of H-pyrrole nitrogens is 1. The van der Waals surface area contributed by atoms with E-state index in [2.05, 4.69) is 15.5 Å². The molecule has 0 aliphatic carbocycles. The second-order valence-electron chi connectivity index (χ2n) is 7.62. The third-order valence-electron chi connectivity index (χ3n) is 4.74. The molecule has 4 aromatic rings. The van der Waals surface area contributed by atoms with Gasteiger partial charge in [-0.25, -0.2) is 8.78 Å². The Morgan fingerprint density at radius 2 is 1.79 bits per heavy atom. The minimum atomic E-state index is -0.740. The van der Waals surface area contributed by atoms with E-state index in [1.54, 1.807) is 42.5 Å². The molecule has 0 saturated carbocycles. The predicted molar refractivity (Wildman–Crippen MR) is 121 cm³/mol. The number of ether oxygens (including phenoxy) is 2. The van der Waals surface area contributed by atoms with Gasteiger partial charge in [0, 0.05) is 35.7 Å². The van der Waals surface area contributed by atoms with Crippen LogP contribution < -0.4 is 14.8 Å². The van der Waals surface area contributed by atoms with Gasteiger partial charge in [-0.2, -0.15) is 5.10 Å². The fourth-order valence-electron chi connectivity index (χ4n) is 3.13. The van der Waals surface area contributed by atoms with Gasteiger partial charge in [0.2, 0.25) is 0 Å². The molecule has 0 aliphatic rings. The molecule has 0 saturated heterocycles. The summed E-state index contributed by atoms with van der Waals surface area (Å²) >= 11 is 0. The molecule has 0 bridgehead atoms. The Morgan fingerprint density at radius 3 is 2.55 bits per heavy atom. The second-order valence-corrected chi connectivity index (χ2v) is 7.62. The van der Waals surface area contributed by atoms with E-state index in [0.717, 1.165) is 24.7 Å². The second kappa shape index (κ2) is 9.66. The fourth-order valence-corrected chi connectivity index (χ4v) is 3.13. The third kappa shape index (κ3) is 5.64. The number of hydrogen-bond donors (Lipinski definition) is 2. The van der Waals surface area contributed by atoms with Gasteiger partial charge >= 0.3 is 0 Å². The van der Waals surface area contributed by atoms with Crippen LogP contribution >= 0.6 is 0 Å². The summed E-state index contributed by atoms with van der Waals surface area (Å²) in [6, 6.07) is 14.7. The van der Waals surface area contributed by atoms with Crippen molar-refractivity contribution in [2.75, 3.05) is 32.6 Å². The average molecular weight is 452 g/mol. The summed E-state index contributed by atoms with van der Waals surface area (Å²) in [5.41, 5.74) is 1.07. The van der Waals surface area contributed by atoms with Crippen LogP contribution in [0.5, 0.6) is 17.2 Å². The first-order chi connectivity index (χ1) is 15.9. The molecule has 4 rings (SSSR count). The van der Waals surface area contributed by atoms with Gasteiger partial charge in [-0.05, 0) is 50.5 Å². The monoisotopic (exact) mass is 452 g/mol. The molecule has 2 N–H and O–H groups in total. The largest absolute Gasteiger partial charge is 0.492 e. The minimum absolute atomic E-state index is 0.0204. The zero-order valence-electron chi connectivity index (χ0n) is 18.1. The molecule has 170 valence electrons. The van der Waals surface area contributed by atoms with Crippen LogP contribution in [0.25, 0.3) is 10.9 Å². The van der Waals surface area contributed by atoms with Crippen LogP contribution in [0.1, 0.15) is 10.4 Å². The van der Waals surface area contributed by atoms with Gasteiger partial charge in [-0.1, -0.05) is 6.07 Å². The van der Waals surface area contributed by atoms with Crippen LogP contribution in [0.4, 0.5) is 14.6 Å². The molecule has 0 fully saturated rings. The first kappa shape index (κ1) is 22.2. The normalized spacial score (nSPS) is 11.1. The van der Waals surface area contributed by atoms with Gasteiger partial charge in [0.15, 0.2) is 5.82 Å². The van der Waals surface area contributed by atoms with Crippen LogP contribution in [0.15, 0.2) is 60.7 Å². The summed E-state index contributed by atoms with van der Waals surface area (Å²) in [6.07, 6.45) is 0. The lowest BCUT2D eigenvalue weighted by Crippen LogP contribution is -2.19. The number of carbonyl (C=O) groups is 1. The minimum Gasteiger partial charge on any atom is -0.492 e. The van der Waals surface area contributed by atoms with Crippen molar-refractivity contribution < 1.29 is 23.0 Å². The van der Waals surface area contributed by atoms with E-state index < -0.39 is 11.6 Å². The fraction of sp³-hybridized carbons (Fsp3) is 0.167. The smallest absolute Gasteiger partial charge is 0.257 e. The van der Waals surface area contributed by atoms with Gasteiger partial charge in [0.1, 0.15) is 35.5 Å². The van der Waals surface area contributed by atoms with Crippen molar-refractivity contribution in [1.29, 1.82) is 0 Å². The molecule has 0 atom stereocenters. The molecular weight excluding hydrogens is 430 g/mol. The number of hydrogen-bond acceptors (Lipinski definition) is 5. The van der Waals surface area contributed by atoms with E-state index in [4.69, 9.17) is 9.47 Å². The highest BCUT2D eigenvalue weighted by atomic mass is 19.1. The van der Waals surface area contributed by atoms with Crippen molar-refractivity contribution in [2.45, 2.75) is 0 Å². The Hall–Kier alpha value is -3.98. The maximum Gasteiger partial charge on any atom is 0.257 e. The van der Waals surface area contributed by atoms with Gasteiger partial charge in [-0.15, -0.1) is 0 Å². The Labute approximate surface area is 188 Å². The van der Waals surface area contributed by atoms with Gasteiger partial charge in [0.25, 0.3) is 5.91 Å². The van der Waals surface area contributed by atoms with Crippen molar-refractivity contribution in [3.63, 3.8) is 0 Å². The predicted octanol–water partition coefficient (Wildman–Crippen LogP) is 4.83. The third-order valence-corrected chi connectivity index (χ3v) is 4.74. The number of aromatic amines is 1. The molecule has 1 heterocycles. The van der Waals surface area contributed by atoms with Gasteiger partial charge in [0.05, 0.1) is 5.52 Å². The quantitative estimate of drug-likeness (QED) is 0.401. The number of nitrogens with one attached hydrogen (secondary N) is 2. The SMILES string of the molecule is CN(C)CCOc1cccc(C(=O)Nc2n[nH]c3ccc(Oc4cc(F)cc(F)c4)cc23)c1. The zero-order chi connectivity index (χ0) is 23.4. The highest BCUT2D eigenvalue weighted by Gasteiger charge is 2.13. The number of rotatable bonds is 8. The van der Waals surface area contributed by atoms with Gasteiger partial charge in [-0.3, -0.25) is 9.89 Å². The Morgan fingerprint density at radius 1 is 1.00 bits per heavy atom. The molecular formula is C24H22F2N4O3. The van der Waals surface area contributed by atoms with Crippen molar-refractivity contribution in [1.82, 2.24) is 15.1 Å². The zero-order valence-corrected chi connectivity index (χ0v) is 18.1. The van der Waals surface area contributed by atoms with Crippen LogP contribution in [0.2, 0.25) is 0 Å². The van der Waals surface area contributed by atoms with Crippen LogP contribution in [-0.2, 0) is 0 Å². The van der Waals surface area contributed by atoms with E-state index in [0.29, 0.717) is 40.4 Å². The van der Waals surface area contributed by atoms with E-state index in [-0.39, 0.29) is 11.7 Å². The lowest BCUT2D eigenvalue weighted by molar-refractivity contribution is 0.102. The Kier molecular flexibility index (Phi) is 6.50. The number of carbonyl (C=O) groups excluding carboxylic acids is 1. The maximum absolute atomic E-state index is 13.4.